The van der Waals surface area contributed by atoms with E-state index in [0.717, 1.165) is 36.6 Å². The normalized spacial score (nSPS) is 10.6. The Morgan fingerprint density at radius 3 is 2.83 bits per heavy atom. The first-order valence-corrected chi connectivity index (χ1v) is 6.38. The van der Waals surface area contributed by atoms with Crippen molar-refractivity contribution in [3.63, 3.8) is 0 Å². The summed E-state index contributed by atoms with van der Waals surface area (Å²) in [5, 5.41) is 7.71. The van der Waals surface area contributed by atoms with Crippen LogP contribution in [0.5, 0.6) is 0 Å². The highest BCUT2D eigenvalue weighted by molar-refractivity contribution is 5.47. The number of hydrogen-bond acceptors (Lipinski definition) is 3. The Balaban J connectivity index is 1.97. The third-order valence-corrected chi connectivity index (χ3v) is 2.85. The lowest BCUT2D eigenvalue weighted by molar-refractivity contribution is 0.602. The zero-order valence-corrected chi connectivity index (χ0v) is 11.3. The largest absolute Gasteiger partial charge is 0.379 e. The third-order valence-electron chi connectivity index (χ3n) is 2.85. The van der Waals surface area contributed by atoms with Crippen LogP contribution < -0.4 is 5.32 Å². The van der Waals surface area contributed by atoms with Crippen molar-refractivity contribution in [3.8, 4) is 0 Å². The summed E-state index contributed by atoms with van der Waals surface area (Å²) in [6, 6.07) is 4.10. The fourth-order valence-electron chi connectivity index (χ4n) is 1.92. The van der Waals surface area contributed by atoms with E-state index in [1.54, 1.807) is 0 Å². The van der Waals surface area contributed by atoms with Crippen molar-refractivity contribution >= 4 is 5.69 Å². The van der Waals surface area contributed by atoms with Gasteiger partial charge in [-0.25, -0.2) is 0 Å². The fourth-order valence-corrected chi connectivity index (χ4v) is 1.92. The molecule has 0 atom stereocenters. The molecule has 0 aliphatic rings. The lowest BCUT2D eigenvalue weighted by atomic mass is 10.2. The molecule has 0 radical (unpaired) electrons. The van der Waals surface area contributed by atoms with Gasteiger partial charge in [0.2, 0.25) is 0 Å². The van der Waals surface area contributed by atoms with Gasteiger partial charge in [-0.05, 0) is 32.4 Å². The van der Waals surface area contributed by atoms with Crippen molar-refractivity contribution in [3.05, 3.63) is 41.5 Å². The van der Waals surface area contributed by atoms with Gasteiger partial charge in [-0.1, -0.05) is 6.92 Å². The van der Waals surface area contributed by atoms with Gasteiger partial charge in [0.1, 0.15) is 0 Å². The number of aromatic nitrogens is 3. The van der Waals surface area contributed by atoms with E-state index in [-0.39, 0.29) is 0 Å². The summed E-state index contributed by atoms with van der Waals surface area (Å²) < 4.78 is 1.98. The molecule has 4 heteroatoms. The van der Waals surface area contributed by atoms with Gasteiger partial charge < -0.3 is 5.32 Å². The first-order valence-electron chi connectivity index (χ1n) is 6.38. The van der Waals surface area contributed by atoms with E-state index in [9.17, 15) is 0 Å². The van der Waals surface area contributed by atoms with Gasteiger partial charge in [0, 0.05) is 30.5 Å². The summed E-state index contributed by atoms with van der Waals surface area (Å²) in [6.45, 7) is 7.95. The van der Waals surface area contributed by atoms with Crippen LogP contribution in [0.2, 0.25) is 0 Å². The van der Waals surface area contributed by atoms with E-state index >= 15 is 0 Å². The maximum Gasteiger partial charge on any atom is 0.0606 e. The predicted molar refractivity (Wildman–Crippen MR) is 73.6 cm³/mol. The third kappa shape index (κ3) is 3.09. The second-order valence-corrected chi connectivity index (χ2v) is 4.55. The molecule has 0 amide bonds. The topological polar surface area (TPSA) is 42.7 Å². The van der Waals surface area contributed by atoms with Gasteiger partial charge in [-0.15, -0.1) is 0 Å². The molecule has 96 valence electrons. The molecule has 0 bridgehead atoms. The molecule has 0 saturated carbocycles. The van der Waals surface area contributed by atoms with E-state index in [0.29, 0.717) is 0 Å². The molecule has 0 aliphatic carbocycles. The quantitative estimate of drug-likeness (QED) is 0.879. The summed E-state index contributed by atoms with van der Waals surface area (Å²) in [5.74, 6) is 0. The number of nitrogens with one attached hydrogen (secondary N) is 1. The average molecular weight is 244 g/mol. The summed E-state index contributed by atoms with van der Waals surface area (Å²) in [5.41, 5.74) is 4.37. The van der Waals surface area contributed by atoms with E-state index in [1.807, 2.05) is 30.8 Å². The Bertz CT molecular complexity index is 516. The van der Waals surface area contributed by atoms with Crippen LogP contribution in [-0.4, -0.2) is 14.8 Å². The molecule has 2 rings (SSSR count). The molecular weight excluding hydrogens is 224 g/mol. The molecule has 2 aromatic rings. The van der Waals surface area contributed by atoms with Crippen LogP contribution in [-0.2, 0) is 13.1 Å². The molecule has 0 aliphatic heterocycles. The smallest absolute Gasteiger partial charge is 0.0606 e. The molecule has 4 nitrogen and oxygen atoms in total. The molecule has 1 N–H and O–H groups in total. The number of rotatable bonds is 5. The fraction of sp³-hybridized carbons (Fsp3) is 0.429. The van der Waals surface area contributed by atoms with Gasteiger partial charge in [0.25, 0.3) is 0 Å². The maximum atomic E-state index is 4.44. The van der Waals surface area contributed by atoms with E-state index in [4.69, 9.17) is 0 Å². The molecule has 2 heterocycles. The zero-order chi connectivity index (χ0) is 13.0. The van der Waals surface area contributed by atoms with Gasteiger partial charge in [-0.2, -0.15) is 5.10 Å². The second kappa shape index (κ2) is 5.67. The highest BCUT2D eigenvalue weighted by atomic mass is 15.3. The van der Waals surface area contributed by atoms with Crippen molar-refractivity contribution in [1.29, 1.82) is 0 Å². The number of hydrogen-bond donors (Lipinski definition) is 1. The summed E-state index contributed by atoms with van der Waals surface area (Å²) in [4.78, 5) is 4.44. The standard InChI is InChI=1S/C14H20N4/c1-4-7-18-10-13(9-16-18)8-15-14-6-5-11(2)17-12(14)3/h5-6,9-10,15H,4,7-8H2,1-3H3. The monoisotopic (exact) mass is 244 g/mol. The average Bonchev–Trinajstić information content (AvgIpc) is 2.76. The highest BCUT2D eigenvalue weighted by Gasteiger charge is 2.01. The SMILES string of the molecule is CCCn1cc(CNc2ccc(C)nc2C)cn1. The Morgan fingerprint density at radius 2 is 2.11 bits per heavy atom. The van der Waals surface area contributed by atoms with Crippen LogP contribution in [0.3, 0.4) is 0 Å². The highest BCUT2D eigenvalue weighted by Crippen LogP contribution is 2.13. The molecule has 0 fully saturated rings. The van der Waals surface area contributed by atoms with Gasteiger partial charge in [0.15, 0.2) is 0 Å². The minimum absolute atomic E-state index is 0.787. The van der Waals surface area contributed by atoms with Crippen molar-refractivity contribution < 1.29 is 0 Å². The molecule has 18 heavy (non-hydrogen) atoms. The van der Waals surface area contributed by atoms with Gasteiger partial charge in [0.05, 0.1) is 17.6 Å². The molecule has 0 saturated heterocycles. The summed E-state index contributed by atoms with van der Waals surface area (Å²) in [6.07, 6.45) is 5.11. The number of aryl methyl sites for hydroxylation is 3. The van der Waals surface area contributed by atoms with E-state index < -0.39 is 0 Å². The lowest BCUT2D eigenvalue weighted by Gasteiger charge is -2.08. The number of nitrogens with zero attached hydrogens (tertiary/aromatic N) is 3. The van der Waals surface area contributed by atoms with Crippen molar-refractivity contribution in [1.82, 2.24) is 14.8 Å². The van der Waals surface area contributed by atoms with Crippen LogP contribution in [0.15, 0.2) is 24.5 Å². The van der Waals surface area contributed by atoms with Crippen molar-refractivity contribution in [2.24, 2.45) is 0 Å². The Kier molecular flexibility index (Phi) is 3.97. The van der Waals surface area contributed by atoms with E-state index in [2.05, 4.69) is 34.6 Å². The Labute approximate surface area is 108 Å². The molecular formula is C14H20N4. The van der Waals surface area contributed by atoms with Crippen molar-refractivity contribution in [2.75, 3.05) is 5.32 Å². The lowest BCUT2D eigenvalue weighted by Crippen LogP contribution is -2.02. The minimum Gasteiger partial charge on any atom is -0.379 e. The first-order chi connectivity index (χ1) is 8.69. The first kappa shape index (κ1) is 12.6. The van der Waals surface area contributed by atoms with Crippen LogP contribution in [0.25, 0.3) is 0 Å². The minimum atomic E-state index is 0.787. The predicted octanol–water partition coefficient (Wildman–Crippen LogP) is 2.92. The molecule has 0 aromatic carbocycles. The van der Waals surface area contributed by atoms with Crippen LogP contribution in [0, 0.1) is 13.8 Å². The Hall–Kier alpha value is -1.84. The Morgan fingerprint density at radius 1 is 1.28 bits per heavy atom. The van der Waals surface area contributed by atoms with Crippen molar-refractivity contribution in [2.45, 2.75) is 40.3 Å². The second-order valence-electron chi connectivity index (χ2n) is 4.55. The van der Waals surface area contributed by atoms with E-state index in [1.165, 1.54) is 5.56 Å². The summed E-state index contributed by atoms with van der Waals surface area (Å²) in [7, 11) is 0. The molecule has 0 spiro atoms. The molecule has 0 unspecified atom stereocenters. The van der Waals surface area contributed by atoms with Gasteiger partial charge >= 0.3 is 0 Å². The number of pyridine rings is 1. The van der Waals surface area contributed by atoms with Crippen LogP contribution in [0.4, 0.5) is 5.69 Å². The number of anilines is 1. The van der Waals surface area contributed by atoms with Gasteiger partial charge in [-0.3, -0.25) is 9.67 Å². The van der Waals surface area contributed by atoms with Crippen LogP contribution in [0.1, 0.15) is 30.3 Å². The van der Waals surface area contributed by atoms with Crippen LogP contribution >= 0.6 is 0 Å². The maximum absolute atomic E-state index is 4.44. The molecule has 2 aromatic heterocycles. The zero-order valence-electron chi connectivity index (χ0n) is 11.3. The summed E-state index contributed by atoms with van der Waals surface area (Å²) >= 11 is 0.